The van der Waals surface area contributed by atoms with E-state index < -0.39 is 76.2 Å². The summed E-state index contributed by atoms with van der Waals surface area (Å²) in [6.07, 6.45) is -0.190. The van der Waals surface area contributed by atoms with Crippen LogP contribution in [0.3, 0.4) is 0 Å². The van der Waals surface area contributed by atoms with Crippen LogP contribution in [-0.2, 0) is 58.7 Å². The Balaban J connectivity index is 6.69. The van der Waals surface area contributed by atoms with Crippen molar-refractivity contribution in [3.8, 4) is 0 Å². The molecule has 0 aliphatic carbocycles. The van der Waals surface area contributed by atoms with Gasteiger partial charge in [-0.15, -0.1) is 0 Å². The van der Waals surface area contributed by atoms with Crippen LogP contribution in [-0.4, -0.2) is 101 Å². The summed E-state index contributed by atoms with van der Waals surface area (Å²) in [5.41, 5.74) is 0.943. The quantitative estimate of drug-likeness (QED) is 0.0678. The molecule has 19 heteroatoms. The maximum Gasteiger partial charge on any atom is 0.638 e. The molecular weight excluding hydrogens is 713 g/mol. The molecule has 0 unspecified atom stereocenters. The lowest BCUT2D eigenvalue weighted by Gasteiger charge is -2.43. The van der Waals surface area contributed by atoms with Gasteiger partial charge in [-0.2, -0.15) is 0 Å². The van der Waals surface area contributed by atoms with Crippen molar-refractivity contribution in [1.29, 1.82) is 0 Å². The Bertz CT molecular complexity index is 1110. The van der Waals surface area contributed by atoms with E-state index in [1.54, 1.807) is 46.2 Å². The highest BCUT2D eigenvalue weighted by molar-refractivity contribution is 6.90. The fourth-order valence-electron chi connectivity index (χ4n) is 3.01. The van der Waals surface area contributed by atoms with Gasteiger partial charge < -0.3 is 39.5 Å². The predicted molar refractivity (Wildman–Crippen MR) is 193 cm³/mol. The van der Waals surface area contributed by atoms with Crippen molar-refractivity contribution in [3.63, 3.8) is 0 Å². The standard InChI is InChI=1S/C28H54O13Si6/c1-21(2)25(29)33-17-43(9,10)37-42-38-47(39-44(11,12)18-34-26(30)22(3)4,40-45(13,14)19-35-27(31)23(5)6)41-46(15,16)20-36-28(32)24(7)8/h1,3,5,7,17-20,42H2,2,4,6,8-16H3. The number of carbonyl (C=O) groups excluding carboxylic acids is 4. The first-order valence-electron chi connectivity index (χ1n) is 14.8. The smallest absolute Gasteiger partial charge is 0.463 e. The van der Waals surface area contributed by atoms with Gasteiger partial charge in [-0.25, -0.2) is 19.2 Å². The van der Waals surface area contributed by atoms with E-state index in [4.69, 9.17) is 39.5 Å². The molecular formula is C28H54O13Si6. The first kappa shape index (κ1) is 44.9. The molecule has 0 rings (SSSR count). The van der Waals surface area contributed by atoms with Crippen molar-refractivity contribution in [2.75, 3.05) is 24.9 Å². The van der Waals surface area contributed by atoms with Gasteiger partial charge in [-0.3, -0.25) is 0 Å². The van der Waals surface area contributed by atoms with Gasteiger partial charge in [0, 0.05) is 22.3 Å². The number of esters is 4. The lowest BCUT2D eigenvalue weighted by molar-refractivity contribution is -0.138. The third-order valence-electron chi connectivity index (χ3n) is 5.49. The Morgan fingerprint density at radius 2 is 0.681 bits per heavy atom. The van der Waals surface area contributed by atoms with Crippen LogP contribution in [0.2, 0.25) is 52.4 Å². The number of hydrogen-bond donors (Lipinski definition) is 0. The van der Waals surface area contributed by atoms with E-state index in [0.717, 1.165) is 0 Å². The third kappa shape index (κ3) is 18.9. The molecule has 0 aliphatic rings. The van der Waals surface area contributed by atoms with Crippen molar-refractivity contribution in [2.45, 2.75) is 80.1 Å². The van der Waals surface area contributed by atoms with E-state index >= 15 is 0 Å². The normalized spacial score (nSPS) is 12.8. The Hall–Kier alpha value is -2.06. The van der Waals surface area contributed by atoms with Crippen LogP contribution in [0, 0.1) is 0 Å². The molecule has 0 spiro atoms. The largest absolute Gasteiger partial charge is 0.638 e. The molecule has 0 saturated heterocycles. The molecule has 0 aromatic heterocycles. The molecule has 0 bridgehead atoms. The zero-order chi connectivity index (χ0) is 37.0. The van der Waals surface area contributed by atoms with Gasteiger partial charge in [0.05, 0.1) is 0 Å². The van der Waals surface area contributed by atoms with Crippen LogP contribution in [0.15, 0.2) is 48.6 Å². The summed E-state index contributed by atoms with van der Waals surface area (Å²) in [6, 6.07) is 0. The van der Waals surface area contributed by atoms with Crippen molar-refractivity contribution < 1.29 is 58.7 Å². The van der Waals surface area contributed by atoms with E-state index in [1.807, 2.05) is 13.1 Å². The Morgan fingerprint density at radius 3 is 0.915 bits per heavy atom. The average Bonchev–Trinajstić information content (AvgIpc) is 2.90. The maximum atomic E-state index is 12.3. The lowest BCUT2D eigenvalue weighted by atomic mass is 10.4. The van der Waals surface area contributed by atoms with Crippen LogP contribution >= 0.6 is 0 Å². The van der Waals surface area contributed by atoms with Gasteiger partial charge in [0.15, 0.2) is 0 Å². The second-order valence-corrected chi connectivity index (χ2v) is 34.9. The van der Waals surface area contributed by atoms with Crippen LogP contribution in [0.5, 0.6) is 0 Å². The molecule has 47 heavy (non-hydrogen) atoms. The molecule has 0 N–H and O–H groups in total. The summed E-state index contributed by atoms with van der Waals surface area (Å²) >= 11 is 0. The number of rotatable bonds is 22. The average molecular weight is 767 g/mol. The van der Waals surface area contributed by atoms with Crippen molar-refractivity contribution in [2.24, 2.45) is 0 Å². The number of ether oxygens (including phenoxy) is 4. The Morgan fingerprint density at radius 1 is 0.447 bits per heavy atom. The molecule has 0 atom stereocenters. The molecule has 0 aliphatic heterocycles. The molecule has 0 aromatic carbocycles. The van der Waals surface area contributed by atoms with Crippen molar-refractivity contribution in [1.82, 2.24) is 0 Å². The minimum absolute atomic E-state index is 0.0531. The number of carbonyl (C=O) groups is 4. The topological polar surface area (TPSA) is 151 Å². The fraction of sp³-hybridized carbons (Fsp3) is 0.571. The van der Waals surface area contributed by atoms with Crippen LogP contribution in [0.4, 0.5) is 0 Å². The Kier molecular flexibility index (Phi) is 17.8. The maximum absolute atomic E-state index is 12.3. The minimum atomic E-state index is -4.28. The summed E-state index contributed by atoms with van der Waals surface area (Å²) in [5, 5.41) is 0. The van der Waals surface area contributed by atoms with Gasteiger partial charge in [0.25, 0.3) is 10.0 Å². The van der Waals surface area contributed by atoms with E-state index in [1.165, 1.54) is 20.8 Å². The van der Waals surface area contributed by atoms with Crippen LogP contribution in [0.1, 0.15) is 27.7 Å². The van der Waals surface area contributed by atoms with Gasteiger partial charge in [-0.1, -0.05) is 26.3 Å². The zero-order valence-corrected chi connectivity index (χ0v) is 36.6. The Labute approximate surface area is 287 Å². The zero-order valence-electron chi connectivity index (χ0n) is 30.2. The van der Waals surface area contributed by atoms with Gasteiger partial charge in [0.1, 0.15) is 24.9 Å². The summed E-state index contributed by atoms with van der Waals surface area (Å²) in [7, 11) is -17.9. The molecule has 268 valence electrons. The van der Waals surface area contributed by atoms with E-state index in [2.05, 4.69) is 26.3 Å². The minimum Gasteiger partial charge on any atom is -0.463 e. The van der Waals surface area contributed by atoms with Crippen molar-refractivity contribution >= 4 is 76.2 Å². The molecule has 0 heterocycles. The SMILES string of the molecule is C=C(C)C(=O)OC[Si](C)(C)O[SiH2]O[Si](O[Si](C)(C)COC(=O)C(=C)C)(O[Si](C)(C)COC(=O)C(=C)C)O[Si](C)(C)COC(=O)C(=C)C. The van der Waals surface area contributed by atoms with E-state index in [9.17, 15) is 19.2 Å². The predicted octanol–water partition coefficient (Wildman–Crippen LogP) is 3.96. The fourth-order valence-corrected chi connectivity index (χ4v) is 20.6. The molecule has 0 fully saturated rings. The highest BCUT2D eigenvalue weighted by Gasteiger charge is 2.57. The summed E-state index contributed by atoms with van der Waals surface area (Å²) < 4.78 is 54.6. The second-order valence-electron chi connectivity index (χ2n) is 13.7. The molecule has 13 nitrogen and oxygen atoms in total. The third-order valence-corrected chi connectivity index (χ3v) is 24.0. The highest BCUT2D eigenvalue weighted by Crippen LogP contribution is 2.28. The van der Waals surface area contributed by atoms with Crippen molar-refractivity contribution in [3.05, 3.63) is 48.6 Å². The first-order valence-corrected chi connectivity index (χ1v) is 30.1. The highest BCUT2D eigenvalue weighted by atomic mass is 28.5. The lowest BCUT2D eigenvalue weighted by Crippen LogP contribution is -2.67. The van der Waals surface area contributed by atoms with E-state index in [-0.39, 0.29) is 47.2 Å². The first-order chi connectivity index (χ1) is 21.1. The summed E-state index contributed by atoms with van der Waals surface area (Å²) in [5.74, 6) is -2.27. The van der Waals surface area contributed by atoms with Crippen LogP contribution in [0.25, 0.3) is 0 Å². The van der Waals surface area contributed by atoms with E-state index in [0.29, 0.717) is 0 Å². The summed E-state index contributed by atoms with van der Waals surface area (Å²) in [6.45, 7) is 35.2. The monoisotopic (exact) mass is 766 g/mol. The van der Waals surface area contributed by atoms with Gasteiger partial charge >= 0.3 is 32.9 Å². The van der Waals surface area contributed by atoms with Crippen LogP contribution < -0.4 is 0 Å². The molecule has 0 saturated carbocycles. The molecule has 0 aromatic rings. The second kappa shape index (κ2) is 18.6. The van der Waals surface area contributed by atoms with Gasteiger partial charge in [-0.05, 0) is 80.1 Å². The summed E-state index contributed by atoms with van der Waals surface area (Å²) in [4.78, 5) is 48.8. The molecule has 0 amide bonds. The molecule has 0 radical (unpaired) electrons. The number of hydrogen-bond acceptors (Lipinski definition) is 13. The van der Waals surface area contributed by atoms with Gasteiger partial charge in [0.2, 0.25) is 33.3 Å².